The fourth-order valence-corrected chi connectivity index (χ4v) is 2.33. The Morgan fingerprint density at radius 3 is 2.52 bits per heavy atom. The van der Waals surface area contributed by atoms with Crippen LogP contribution in [0.4, 0.5) is 0 Å². The Labute approximate surface area is 135 Å². The number of ether oxygens (including phenoxy) is 3. The first kappa shape index (κ1) is 17.1. The van der Waals surface area contributed by atoms with Crippen LogP contribution < -0.4 is 14.8 Å². The highest BCUT2D eigenvalue weighted by Crippen LogP contribution is 2.27. The standard InChI is InChI=1S/C16H22N2O5/c1-21-13-4-3-12(11-14(13)22-2)16(20)17-6-5-15(19)18-7-9-23-10-8-18/h3-4,11H,5-10H2,1-2H3,(H,17,20). The van der Waals surface area contributed by atoms with Crippen LogP contribution >= 0.6 is 0 Å². The normalized spacial score (nSPS) is 14.3. The van der Waals surface area contributed by atoms with Gasteiger partial charge >= 0.3 is 0 Å². The lowest BCUT2D eigenvalue weighted by Crippen LogP contribution is -2.42. The van der Waals surface area contributed by atoms with Crippen molar-refractivity contribution in [1.82, 2.24) is 10.2 Å². The first-order valence-electron chi connectivity index (χ1n) is 7.51. The number of hydrogen-bond acceptors (Lipinski definition) is 5. The summed E-state index contributed by atoms with van der Waals surface area (Å²) < 4.78 is 15.5. The Bertz CT molecular complexity index is 555. The van der Waals surface area contributed by atoms with Gasteiger partial charge in [-0.25, -0.2) is 0 Å². The average molecular weight is 322 g/mol. The number of methoxy groups -OCH3 is 2. The van der Waals surface area contributed by atoms with Gasteiger partial charge in [0.1, 0.15) is 0 Å². The molecule has 2 rings (SSSR count). The maximum atomic E-state index is 12.1. The van der Waals surface area contributed by atoms with Crippen LogP contribution in [0.3, 0.4) is 0 Å². The third-order valence-corrected chi connectivity index (χ3v) is 3.63. The Kier molecular flexibility index (Phi) is 6.22. The number of benzene rings is 1. The summed E-state index contributed by atoms with van der Waals surface area (Å²) in [6.45, 7) is 2.67. The molecule has 1 heterocycles. The minimum atomic E-state index is -0.249. The monoisotopic (exact) mass is 322 g/mol. The summed E-state index contributed by atoms with van der Waals surface area (Å²) in [4.78, 5) is 25.9. The summed E-state index contributed by atoms with van der Waals surface area (Å²) in [6.07, 6.45) is 0.277. The van der Waals surface area contributed by atoms with Crippen LogP contribution in [0.1, 0.15) is 16.8 Å². The number of rotatable bonds is 6. The smallest absolute Gasteiger partial charge is 0.251 e. The van der Waals surface area contributed by atoms with Gasteiger partial charge in [0.2, 0.25) is 5.91 Å². The van der Waals surface area contributed by atoms with Crippen LogP contribution in [0.25, 0.3) is 0 Å². The van der Waals surface area contributed by atoms with Gasteiger partial charge in [0.25, 0.3) is 5.91 Å². The van der Waals surface area contributed by atoms with Crippen molar-refractivity contribution in [3.05, 3.63) is 23.8 Å². The number of nitrogens with zero attached hydrogens (tertiary/aromatic N) is 1. The van der Waals surface area contributed by atoms with Crippen molar-refractivity contribution in [1.29, 1.82) is 0 Å². The van der Waals surface area contributed by atoms with Crippen LogP contribution in [0.15, 0.2) is 18.2 Å². The molecule has 1 aromatic rings. The summed E-state index contributed by atoms with van der Waals surface area (Å²) in [5.41, 5.74) is 0.460. The number of hydrogen-bond donors (Lipinski definition) is 1. The van der Waals surface area contributed by atoms with E-state index in [0.717, 1.165) is 0 Å². The fourth-order valence-electron chi connectivity index (χ4n) is 2.33. The number of morpholine rings is 1. The van der Waals surface area contributed by atoms with Gasteiger partial charge < -0.3 is 24.4 Å². The van der Waals surface area contributed by atoms with E-state index < -0.39 is 0 Å². The number of carbonyl (C=O) groups excluding carboxylic acids is 2. The molecule has 126 valence electrons. The Balaban J connectivity index is 1.83. The van der Waals surface area contributed by atoms with Crippen molar-refractivity contribution >= 4 is 11.8 Å². The van der Waals surface area contributed by atoms with E-state index in [1.54, 1.807) is 23.1 Å². The molecule has 0 spiro atoms. The van der Waals surface area contributed by atoms with Crippen molar-refractivity contribution < 1.29 is 23.8 Å². The van der Waals surface area contributed by atoms with Gasteiger partial charge in [-0.05, 0) is 18.2 Å². The molecule has 7 nitrogen and oxygen atoms in total. The van der Waals surface area contributed by atoms with Crippen LogP contribution in [0.5, 0.6) is 11.5 Å². The molecule has 23 heavy (non-hydrogen) atoms. The predicted octanol–water partition coefficient (Wildman–Crippen LogP) is 0.683. The summed E-state index contributed by atoms with van der Waals surface area (Å²) in [7, 11) is 3.05. The van der Waals surface area contributed by atoms with Gasteiger partial charge in [-0.2, -0.15) is 0 Å². The molecule has 0 aromatic heterocycles. The molecule has 0 aliphatic carbocycles. The summed E-state index contributed by atoms with van der Waals surface area (Å²) in [5.74, 6) is 0.831. The second kappa shape index (κ2) is 8.38. The van der Waals surface area contributed by atoms with Gasteiger partial charge in [0.15, 0.2) is 11.5 Å². The molecule has 1 fully saturated rings. The lowest BCUT2D eigenvalue weighted by atomic mass is 10.2. The van der Waals surface area contributed by atoms with Gasteiger partial charge in [0.05, 0.1) is 27.4 Å². The van der Waals surface area contributed by atoms with Crippen molar-refractivity contribution in [2.45, 2.75) is 6.42 Å². The van der Waals surface area contributed by atoms with Gasteiger partial charge in [-0.3, -0.25) is 9.59 Å². The summed E-state index contributed by atoms with van der Waals surface area (Å²) in [5, 5.41) is 2.74. The molecule has 1 saturated heterocycles. The second-order valence-corrected chi connectivity index (χ2v) is 5.07. The third kappa shape index (κ3) is 4.59. The van der Waals surface area contributed by atoms with Crippen molar-refractivity contribution in [2.24, 2.45) is 0 Å². The SMILES string of the molecule is COc1ccc(C(=O)NCCC(=O)N2CCOCC2)cc1OC. The average Bonchev–Trinajstić information content (AvgIpc) is 2.61. The van der Waals surface area contributed by atoms with Crippen LogP contribution in [-0.4, -0.2) is 63.8 Å². The van der Waals surface area contributed by atoms with E-state index in [9.17, 15) is 9.59 Å². The van der Waals surface area contributed by atoms with E-state index in [0.29, 0.717) is 49.9 Å². The molecule has 2 amide bonds. The molecular weight excluding hydrogens is 300 g/mol. The largest absolute Gasteiger partial charge is 0.493 e. The quantitative estimate of drug-likeness (QED) is 0.833. The molecule has 1 aliphatic rings. The van der Waals surface area contributed by atoms with Crippen LogP contribution in [0.2, 0.25) is 0 Å². The first-order chi connectivity index (χ1) is 11.2. The van der Waals surface area contributed by atoms with Crippen LogP contribution in [0, 0.1) is 0 Å². The van der Waals surface area contributed by atoms with Crippen molar-refractivity contribution in [2.75, 3.05) is 47.1 Å². The molecule has 1 aliphatic heterocycles. The maximum absolute atomic E-state index is 12.1. The molecule has 0 atom stereocenters. The lowest BCUT2D eigenvalue weighted by molar-refractivity contribution is -0.135. The first-order valence-corrected chi connectivity index (χ1v) is 7.51. The van der Waals surface area contributed by atoms with E-state index >= 15 is 0 Å². The second-order valence-electron chi connectivity index (χ2n) is 5.07. The van der Waals surface area contributed by atoms with Gasteiger partial charge in [0, 0.05) is 31.6 Å². The number of amides is 2. The minimum Gasteiger partial charge on any atom is -0.493 e. The van der Waals surface area contributed by atoms with E-state index in [4.69, 9.17) is 14.2 Å². The van der Waals surface area contributed by atoms with Crippen molar-refractivity contribution in [3.63, 3.8) is 0 Å². The third-order valence-electron chi connectivity index (χ3n) is 3.63. The topological polar surface area (TPSA) is 77.1 Å². The molecule has 1 aromatic carbocycles. The molecule has 0 bridgehead atoms. The molecule has 7 heteroatoms. The lowest BCUT2D eigenvalue weighted by Gasteiger charge is -2.26. The zero-order chi connectivity index (χ0) is 16.7. The number of nitrogens with one attached hydrogen (secondary N) is 1. The summed E-state index contributed by atoms with van der Waals surface area (Å²) >= 11 is 0. The highest BCUT2D eigenvalue weighted by Gasteiger charge is 2.17. The van der Waals surface area contributed by atoms with E-state index in [1.807, 2.05) is 0 Å². The molecule has 0 saturated carbocycles. The van der Waals surface area contributed by atoms with Gasteiger partial charge in [-0.1, -0.05) is 0 Å². The van der Waals surface area contributed by atoms with Crippen LogP contribution in [-0.2, 0) is 9.53 Å². The Morgan fingerprint density at radius 1 is 1.17 bits per heavy atom. The molecule has 1 N–H and O–H groups in total. The predicted molar refractivity (Wildman–Crippen MR) is 83.9 cm³/mol. The van der Waals surface area contributed by atoms with Crippen molar-refractivity contribution in [3.8, 4) is 11.5 Å². The van der Waals surface area contributed by atoms with E-state index in [1.165, 1.54) is 14.2 Å². The van der Waals surface area contributed by atoms with E-state index in [2.05, 4.69) is 5.32 Å². The maximum Gasteiger partial charge on any atom is 0.251 e. The Hall–Kier alpha value is -2.28. The minimum absolute atomic E-state index is 0.0286. The highest BCUT2D eigenvalue weighted by atomic mass is 16.5. The van der Waals surface area contributed by atoms with E-state index in [-0.39, 0.29) is 18.2 Å². The Morgan fingerprint density at radius 2 is 1.87 bits per heavy atom. The zero-order valence-corrected chi connectivity index (χ0v) is 13.5. The highest BCUT2D eigenvalue weighted by molar-refractivity contribution is 5.95. The fraction of sp³-hybridized carbons (Fsp3) is 0.500. The number of carbonyl (C=O) groups is 2. The van der Waals surface area contributed by atoms with Gasteiger partial charge in [-0.15, -0.1) is 0 Å². The molecule has 0 unspecified atom stereocenters. The summed E-state index contributed by atoms with van der Waals surface area (Å²) in [6, 6.07) is 4.94. The molecule has 0 radical (unpaired) electrons. The zero-order valence-electron chi connectivity index (χ0n) is 13.5. The molecular formula is C16H22N2O5.